The van der Waals surface area contributed by atoms with Crippen molar-refractivity contribution >= 4 is 5.96 Å². The quantitative estimate of drug-likeness (QED) is 0.489. The van der Waals surface area contributed by atoms with E-state index in [0.29, 0.717) is 18.5 Å². The van der Waals surface area contributed by atoms with E-state index < -0.39 is 6.61 Å². The van der Waals surface area contributed by atoms with Crippen LogP contribution in [0.15, 0.2) is 23.2 Å². The van der Waals surface area contributed by atoms with Crippen LogP contribution < -0.4 is 20.1 Å². The van der Waals surface area contributed by atoms with Crippen molar-refractivity contribution in [3.8, 4) is 11.5 Å². The van der Waals surface area contributed by atoms with Gasteiger partial charge in [-0.1, -0.05) is 6.07 Å². The zero-order valence-electron chi connectivity index (χ0n) is 16.7. The van der Waals surface area contributed by atoms with Gasteiger partial charge in [-0.3, -0.25) is 4.90 Å². The molecule has 1 aliphatic heterocycles. The number of aliphatic imine (C=N–C) groups is 1. The largest absolute Gasteiger partial charge is 0.493 e. The summed E-state index contributed by atoms with van der Waals surface area (Å²) >= 11 is 0. The van der Waals surface area contributed by atoms with E-state index in [-0.39, 0.29) is 11.5 Å². The number of hydrogen-bond acceptors (Lipinski definition) is 5. The average molecular weight is 400 g/mol. The number of benzene rings is 1. The van der Waals surface area contributed by atoms with Crippen molar-refractivity contribution in [1.82, 2.24) is 15.5 Å². The van der Waals surface area contributed by atoms with Crippen molar-refractivity contribution in [2.45, 2.75) is 33.0 Å². The van der Waals surface area contributed by atoms with E-state index in [4.69, 9.17) is 9.47 Å². The zero-order valence-corrected chi connectivity index (χ0v) is 16.7. The normalized spacial score (nSPS) is 16.7. The molecule has 0 amide bonds. The summed E-state index contributed by atoms with van der Waals surface area (Å²) in [7, 11) is 1.41. The SMILES string of the molecule is CCNC(=NCc1ccc(OC)c(OC(F)F)c1)NCC(C)N1CCOCC1. The molecule has 1 fully saturated rings. The molecule has 0 radical (unpaired) electrons. The van der Waals surface area contributed by atoms with Crippen LogP contribution in [-0.2, 0) is 11.3 Å². The predicted molar refractivity (Wildman–Crippen MR) is 104 cm³/mol. The first-order chi connectivity index (χ1) is 13.5. The Morgan fingerprint density at radius 2 is 2.00 bits per heavy atom. The predicted octanol–water partition coefficient (Wildman–Crippen LogP) is 2.07. The molecule has 0 bridgehead atoms. The summed E-state index contributed by atoms with van der Waals surface area (Å²) in [6.07, 6.45) is 0. The molecule has 1 aliphatic rings. The van der Waals surface area contributed by atoms with Gasteiger partial charge >= 0.3 is 6.61 Å². The Hall–Kier alpha value is -2.13. The third kappa shape index (κ3) is 7.12. The molecule has 1 aromatic carbocycles. The maximum atomic E-state index is 12.6. The third-order valence-electron chi connectivity index (χ3n) is 4.44. The maximum absolute atomic E-state index is 12.6. The lowest BCUT2D eigenvalue weighted by Crippen LogP contribution is -2.49. The second kappa shape index (κ2) is 11.7. The summed E-state index contributed by atoms with van der Waals surface area (Å²) in [6, 6.07) is 5.25. The van der Waals surface area contributed by atoms with Crippen LogP contribution >= 0.6 is 0 Å². The second-order valence-corrected chi connectivity index (χ2v) is 6.44. The highest BCUT2D eigenvalue weighted by Crippen LogP contribution is 2.29. The highest BCUT2D eigenvalue weighted by molar-refractivity contribution is 5.79. The van der Waals surface area contributed by atoms with Crippen molar-refractivity contribution in [2.75, 3.05) is 46.5 Å². The lowest BCUT2D eigenvalue weighted by Gasteiger charge is -2.32. The third-order valence-corrected chi connectivity index (χ3v) is 4.44. The molecule has 0 aromatic heterocycles. The molecule has 1 saturated heterocycles. The molecule has 7 nitrogen and oxygen atoms in total. The van der Waals surface area contributed by atoms with Gasteiger partial charge in [-0.05, 0) is 31.5 Å². The number of nitrogens with one attached hydrogen (secondary N) is 2. The van der Waals surface area contributed by atoms with E-state index in [2.05, 4.69) is 32.2 Å². The van der Waals surface area contributed by atoms with Crippen molar-refractivity contribution in [3.63, 3.8) is 0 Å². The van der Waals surface area contributed by atoms with Crippen LogP contribution in [0.4, 0.5) is 8.78 Å². The maximum Gasteiger partial charge on any atom is 0.387 e. The molecule has 0 aliphatic carbocycles. The smallest absolute Gasteiger partial charge is 0.387 e. The highest BCUT2D eigenvalue weighted by atomic mass is 19.3. The highest BCUT2D eigenvalue weighted by Gasteiger charge is 2.17. The van der Waals surface area contributed by atoms with E-state index in [1.807, 2.05) is 6.92 Å². The molecular formula is C19H30F2N4O3. The molecule has 0 saturated carbocycles. The van der Waals surface area contributed by atoms with Gasteiger partial charge in [-0.2, -0.15) is 8.78 Å². The Morgan fingerprint density at radius 3 is 2.64 bits per heavy atom. The van der Waals surface area contributed by atoms with Gasteiger partial charge in [0.2, 0.25) is 0 Å². The molecule has 2 rings (SSSR count). The van der Waals surface area contributed by atoms with Crippen LogP contribution in [0.3, 0.4) is 0 Å². The number of guanidine groups is 1. The van der Waals surface area contributed by atoms with E-state index >= 15 is 0 Å². The number of alkyl halides is 2. The summed E-state index contributed by atoms with van der Waals surface area (Å²) in [5, 5.41) is 6.54. The molecule has 9 heteroatoms. The first-order valence-corrected chi connectivity index (χ1v) is 9.49. The van der Waals surface area contributed by atoms with Crippen molar-refractivity contribution < 1.29 is 23.0 Å². The van der Waals surface area contributed by atoms with Crippen LogP contribution in [0.2, 0.25) is 0 Å². The summed E-state index contributed by atoms with van der Waals surface area (Å²) in [5.74, 6) is 0.941. The van der Waals surface area contributed by atoms with E-state index in [1.54, 1.807) is 12.1 Å². The second-order valence-electron chi connectivity index (χ2n) is 6.44. The fourth-order valence-electron chi connectivity index (χ4n) is 2.91. The van der Waals surface area contributed by atoms with E-state index in [0.717, 1.165) is 45.0 Å². The topological polar surface area (TPSA) is 67.4 Å². The van der Waals surface area contributed by atoms with Gasteiger partial charge in [0.1, 0.15) is 0 Å². The monoisotopic (exact) mass is 400 g/mol. The van der Waals surface area contributed by atoms with Gasteiger partial charge in [0.15, 0.2) is 17.5 Å². The standard InChI is InChI=1S/C19H30F2N4O3/c1-4-22-19(23-12-14(2)25-7-9-27-10-8-25)24-13-15-5-6-16(26-3)17(11-15)28-18(20)21/h5-6,11,14,18H,4,7-10,12-13H2,1-3H3,(H2,22,23,24). The van der Waals surface area contributed by atoms with Gasteiger partial charge in [0.25, 0.3) is 0 Å². The number of morpholine rings is 1. The minimum atomic E-state index is -2.91. The Morgan fingerprint density at radius 1 is 1.25 bits per heavy atom. The molecular weight excluding hydrogens is 370 g/mol. The summed E-state index contributed by atoms with van der Waals surface area (Å²) < 4.78 is 40.1. The molecule has 1 aromatic rings. The molecule has 1 heterocycles. The van der Waals surface area contributed by atoms with Gasteiger partial charge in [0.05, 0.1) is 26.9 Å². The average Bonchev–Trinajstić information content (AvgIpc) is 2.70. The molecule has 158 valence electrons. The Bertz CT molecular complexity index is 625. The Kier molecular flexibility index (Phi) is 9.22. The van der Waals surface area contributed by atoms with Gasteiger partial charge < -0.3 is 24.8 Å². The van der Waals surface area contributed by atoms with Crippen molar-refractivity contribution in [2.24, 2.45) is 4.99 Å². The summed E-state index contributed by atoms with van der Waals surface area (Å²) in [5.41, 5.74) is 0.745. The number of methoxy groups -OCH3 is 1. The van der Waals surface area contributed by atoms with E-state index in [1.165, 1.54) is 13.2 Å². The van der Waals surface area contributed by atoms with Crippen LogP contribution in [0.5, 0.6) is 11.5 Å². The van der Waals surface area contributed by atoms with E-state index in [9.17, 15) is 8.78 Å². The minimum Gasteiger partial charge on any atom is -0.493 e. The van der Waals surface area contributed by atoms with Crippen LogP contribution in [0.1, 0.15) is 19.4 Å². The van der Waals surface area contributed by atoms with Crippen LogP contribution in [0, 0.1) is 0 Å². The van der Waals surface area contributed by atoms with Gasteiger partial charge in [-0.25, -0.2) is 4.99 Å². The molecule has 0 spiro atoms. The first-order valence-electron chi connectivity index (χ1n) is 9.49. The van der Waals surface area contributed by atoms with Crippen molar-refractivity contribution in [1.29, 1.82) is 0 Å². The fourth-order valence-corrected chi connectivity index (χ4v) is 2.91. The lowest BCUT2D eigenvalue weighted by molar-refractivity contribution is -0.0512. The molecule has 2 N–H and O–H groups in total. The summed E-state index contributed by atoms with van der Waals surface area (Å²) in [4.78, 5) is 6.92. The molecule has 1 atom stereocenters. The summed E-state index contributed by atoms with van der Waals surface area (Å²) in [6.45, 7) is 6.42. The zero-order chi connectivity index (χ0) is 20.4. The number of rotatable bonds is 9. The number of nitrogens with zero attached hydrogens (tertiary/aromatic N) is 2. The van der Waals surface area contributed by atoms with Gasteiger partial charge in [0, 0.05) is 32.2 Å². The lowest BCUT2D eigenvalue weighted by atomic mass is 10.2. The minimum absolute atomic E-state index is 0.00380. The first kappa shape index (κ1) is 22.2. The number of ether oxygens (including phenoxy) is 3. The van der Waals surface area contributed by atoms with Crippen LogP contribution in [-0.4, -0.2) is 70.0 Å². The molecule has 1 unspecified atom stereocenters. The van der Waals surface area contributed by atoms with Crippen molar-refractivity contribution in [3.05, 3.63) is 23.8 Å². The molecule has 28 heavy (non-hydrogen) atoms. The number of hydrogen-bond donors (Lipinski definition) is 2. The number of halogens is 2. The van der Waals surface area contributed by atoms with Crippen LogP contribution in [0.25, 0.3) is 0 Å². The Labute approximate surface area is 165 Å². The Balaban J connectivity index is 1.97. The van der Waals surface area contributed by atoms with Gasteiger partial charge in [-0.15, -0.1) is 0 Å². The fraction of sp³-hybridized carbons (Fsp3) is 0.632.